The molecule has 0 bridgehead atoms. The summed E-state index contributed by atoms with van der Waals surface area (Å²) in [5, 5.41) is 2.11. The van der Waals surface area contributed by atoms with Crippen LogP contribution in [0.1, 0.15) is 0 Å². The van der Waals surface area contributed by atoms with E-state index in [2.05, 4.69) is 14.4 Å². The first-order valence-corrected chi connectivity index (χ1v) is 3.12. The number of hydrogen-bond acceptors (Lipinski definition) is 4. The van der Waals surface area contributed by atoms with E-state index in [-0.39, 0.29) is 29.6 Å². The van der Waals surface area contributed by atoms with Gasteiger partial charge in [-0.05, 0) is 0 Å². The Balaban J connectivity index is 0.000000640. The summed E-state index contributed by atoms with van der Waals surface area (Å²) in [5.74, 6) is 0. The number of rotatable bonds is 2. The normalized spacial score (nSPS) is 31.6. The van der Waals surface area contributed by atoms with Gasteiger partial charge in [0.1, 0.15) is 0 Å². The van der Waals surface area contributed by atoms with Crippen LogP contribution in [0.25, 0.3) is 0 Å². The molecule has 0 aliphatic carbocycles. The van der Waals surface area contributed by atoms with Gasteiger partial charge in [0.15, 0.2) is 0 Å². The second-order valence-corrected chi connectivity index (χ2v) is 2.07. The monoisotopic (exact) mass is 160 g/mol. The summed E-state index contributed by atoms with van der Waals surface area (Å²) in [6, 6.07) is 0. The molecule has 1 amide bonds. The second kappa shape index (κ2) is 4.44. The van der Waals surface area contributed by atoms with E-state index in [1.807, 2.05) is 0 Å². The maximum absolute atomic E-state index is 9.97. The summed E-state index contributed by atoms with van der Waals surface area (Å²) in [4.78, 5) is 9.55. The fourth-order valence-corrected chi connectivity index (χ4v) is 0.811. The van der Waals surface area contributed by atoms with E-state index in [4.69, 9.17) is 0 Å². The van der Waals surface area contributed by atoms with Crippen LogP contribution in [0.2, 0.25) is 0 Å². The molecule has 1 heterocycles. The van der Waals surface area contributed by atoms with Crippen molar-refractivity contribution >= 4 is 44.2 Å². The molecule has 0 unspecified atom stereocenters. The Morgan fingerprint density at radius 3 is 2.44 bits per heavy atom. The molecule has 0 atom stereocenters. The summed E-state index contributed by atoms with van der Waals surface area (Å²) in [5.41, 5.74) is 0. The third-order valence-electron chi connectivity index (χ3n) is 0.611. The molecule has 1 aliphatic heterocycles. The van der Waals surface area contributed by atoms with Gasteiger partial charge in [0, 0.05) is 29.6 Å². The van der Waals surface area contributed by atoms with Crippen molar-refractivity contribution < 1.29 is 18.4 Å². The minimum absolute atomic E-state index is 0. The molecule has 1 saturated heterocycles. The molecular weight excluding hydrogens is 156 g/mol. The average Bonchev–Trinajstić information content (AvgIpc) is 1.64. The Bertz CT molecular complexity index is 119. The maximum atomic E-state index is 9.97. The summed E-state index contributed by atoms with van der Waals surface area (Å²) in [7, 11) is -2.23. The quantitative estimate of drug-likeness (QED) is 0.322. The van der Waals surface area contributed by atoms with Crippen molar-refractivity contribution in [3.05, 3.63) is 0 Å². The van der Waals surface area contributed by atoms with Crippen molar-refractivity contribution in [1.29, 1.82) is 0 Å². The smallest absolute Gasteiger partial charge is 0.310 e. The first-order chi connectivity index (χ1) is 3.83. The summed E-state index contributed by atoms with van der Waals surface area (Å²) >= 11 is 0. The molecule has 1 radical (unpaired) electrons. The van der Waals surface area contributed by atoms with Gasteiger partial charge in [-0.25, -0.2) is 0 Å². The molecule has 1 aliphatic rings. The van der Waals surface area contributed by atoms with Crippen LogP contribution in [-0.4, -0.2) is 42.4 Å². The van der Waals surface area contributed by atoms with E-state index >= 15 is 0 Å². The minimum atomic E-state index is -2.23. The van der Waals surface area contributed by atoms with E-state index in [0.29, 0.717) is 6.41 Å². The predicted octanol–water partition coefficient (Wildman–Crippen LogP) is -0.928. The Morgan fingerprint density at radius 1 is 1.56 bits per heavy atom. The third kappa shape index (κ3) is 2.80. The molecule has 5 nitrogen and oxygen atoms in total. The van der Waals surface area contributed by atoms with Gasteiger partial charge in [-0.2, -0.15) is 0 Å². The Hall–Kier alpha value is 0.620. The van der Waals surface area contributed by atoms with Gasteiger partial charge in [-0.1, -0.05) is 0 Å². The van der Waals surface area contributed by atoms with Crippen molar-refractivity contribution in [3.8, 4) is 0 Å². The molecular formula is C2H4NNaO4P. The molecule has 0 aromatic rings. The van der Waals surface area contributed by atoms with Gasteiger partial charge in [-0.3, -0.25) is 18.4 Å². The summed E-state index contributed by atoms with van der Waals surface area (Å²) in [6.45, 7) is 0. The summed E-state index contributed by atoms with van der Waals surface area (Å²) in [6.07, 6.45) is -0.363. The van der Waals surface area contributed by atoms with E-state index in [0.717, 1.165) is 0 Å². The van der Waals surface area contributed by atoms with Gasteiger partial charge in [0.25, 0.3) is 6.41 Å². The molecule has 1 N–H and O–H groups in total. The first kappa shape index (κ1) is 9.62. The fourth-order valence-electron chi connectivity index (χ4n) is 0.307. The maximum Gasteiger partial charge on any atom is 0.326 e. The van der Waals surface area contributed by atoms with Crippen LogP contribution in [0, 0.1) is 0 Å². The second-order valence-electron chi connectivity index (χ2n) is 1.10. The number of nitrogens with one attached hydrogen (secondary N) is 1. The molecule has 0 aromatic carbocycles. The van der Waals surface area contributed by atoms with Crippen molar-refractivity contribution in [2.24, 2.45) is 0 Å². The fraction of sp³-hybridized carbons (Fsp3) is 0.500. The molecule has 1 fully saturated rings. The van der Waals surface area contributed by atoms with Crippen LogP contribution < -0.4 is 5.32 Å². The van der Waals surface area contributed by atoms with Crippen molar-refractivity contribution in [1.82, 2.24) is 5.32 Å². The molecule has 1 rings (SSSR count). The number of carbonyl (C=O) groups excluding carboxylic acids is 1. The van der Waals surface area contributed by atoms with Gasteiger partial charge in [-0.15, -0.1) is 0 Å². The summed E-state index contributed by atoms with van der Waals surface area (Å²) < 4.78 is 18.7. The van der Waals surface area contributed by atoms with Gasteiger partial charge in [0.2, 0.25) is 6.41 Å². The van der Waals surface area contributed by atoms with E-state index in [9.17, 15) is 9.36 Å². The zero-order valence-electron chi connectivity index (χ0n) is 4.79. The van der Waals surface area contributed by atoms with Gasteiger partial charge in [0.05, 0.1) is 0 Å². The molecule has 0 saturated carbocycles. The van der Waals surface area contributed by atoms with Crippen LogP contribution in [0.3, 0.4) is 0 Å². The molecule has 0 spiro atoms. The molecule has 47 valence electrons. The zero-order valence-corrected chi connectivity index (χ0v) is 7.79. The first-order valence-electron chi connectivity index (χ1n) is 1.90. The Labute approximate surface area is 74.3 Å². The SMILES string of the molecule is O=CNC1O[PH](=O)O1.[Na]. The van der Waals surface area contributed by atoms with Gasteiger partial charge < -0.3 is 5.32 Å². The Morgan fingerprint density at radius 2 is 2.11 bits per heavy atom. The zero-order chi connectivity index (χ0) is 5.98. The molecule has 7 heteroatoms. The third-order valence-corrected chi connectivity index (χ3v) is 1.42. The largest absolute Gasteiger partial charge is 0.326 e. The van der Waals surface area contributed by atoms with Crippen LogP contribution in [-0.2, 0) is 18.4 Å². The topological polar surface area (TPSA) is 64.6 Å². The van der Waals surface area contributed by atoms with Gasteiger partial charge >= 0.3 is 8.25 Å². The van der Waals surface area contributed by atoms with Crippen molar-refractivity contribution in [2.75, 3.05) is 0 Å². The number of amides is 1. The molecule has 9 heavy (non-hydrogen) atoms. The van der Waals surface area contributed by atoms with Crippen molar-refractivity contribution in [2.45, 2.75) is 6.41 Å². The number of carbonyl (C=O) groups is 1. The number of hydrogen-bond donors (Lipinski definition) is 1. The van der Waals surface area contributed by atoms with Crippen LogP contribution in [0.15, 0.2) is 0 Å². The van der Waals surface area contributed by atoms with E-state index < -0.39 is 14.7 Å². The minimum Gasteiger partial charge on any atom is -0.310 e. The van der Waals surface area contributed by atoms with Crippen LogP contribution in [0.5, 0.6) is 0 Å². The standard InChI is InChI=1S/C2H4NO4P.Na/c4-1-3-2-6-8(5)7-2;/h1-2,8H,(H,3,4);. The predicted molar refractivity (Wildman–Crippen MR) is 29.9 cm³/mol. The van der Waals surface area contributed by atoms with Crippen molar-refractivity contribution in [3.63, 3.8) is 0 Å². The molecule has 0 aromatic heterocycles. The van der Waals surface area contributed by atoms with Crippen LogP contribution >= 0.6 is 8.25 Å². The van der Waals surface area contributed by atoms with E-state index in [1.165, 1.54) is 0 Å². The van der Waals surface area contributed by atoms with Crippen LogP contribution in [0.4, 0.5) is 0 Å². The Kier molecular flexibility index (Phi) is 4.74. The average molecular weight is 160 g/mol. The van der Waals surface area contributed by atoms with E-state index in [1.54, 1.807) is 0 Å².